The summed E-state index contributed by atoms with van der Waals surface area (Å²) in [4.78, 5) is 24.5. The first-order valence-corrected chi connectivity index (χ1v) is 7.18. The van der Waals surface area contributed by atoms with Gasteiger partial charge < -0.3 is 10.2 Å². The Morgan fingerprint density at radius 2 is 1.72 bits per heavy atom. The fourth-order valence-corrected chi connectivity index (χ4v) is 2.99. The molecule has 2 fully saturated rings. The molecule has 1 aliphatic carbocycles. The largest absolute Gasteiger partial charge is 0.353 e. The molecule has 1 saturated carbocycles. The van der Waals surface area contributed by atoms with E-state index < -0.39 is 0 Å². The number of nitrogens with zero attached hydrogens (tertiary/aromatic N) is 1. The average Bonchev–Trinajstić information content (AvgIpc) is 2.40. The minimum absolute atomic E-state index is 0.227. The normalized spacial score (nSPS) is 29.9. The molecule has 4 nitrogen and oxygen atoms in total. The van der Waals surface area contributed by atoms with Gasteiger partial charge in [0.15, 0.2) is 0 Å². The Hall–Kier alpha value is -1.06. The second-order valence-corrected chi connectivity index (χ2v) is 5.88. The highest BCUT2D eigenvalue weighted by atomic mass is 16.2. The zero-order valence-electron chi connectivity index (χ0n) is 11.2. The molecule has 18 heavy (non-hydrogen) atoms. The molecule has 0 aromatic rings. The third-order valence-corrected chi connectivity index (χ3v) is 4.41. The molecule has 0 spiro atoms. The first kappa shape index (κ1) is 13.4. The lowest BCUT2D eigenvalue weighted by molar-refractivity contribution is -0.127. The van der Waals surface area contributed by atoms with Crippen LogP contribution < -0.4 is 5.32 Å². The summed E-state index contributed by atoms with van der Waals surface area (Å²) in [6.45, 7) is 3.82. The number of nitrogens with one attached hydrogen (secondary N) is 1. The molecule has 2 amide bonds. The highest BCUT2D eigenvalue weighted by Crippen LogP contribution is 2.28. The van der Waals surface area contributed by atoms with Gasteiger partial charge in [-0.3, -0.25) is 9.59 Å². The predicted octanol–water partition coefficient (Wildman–Crippen LogP) is 1.55. The standard InChI is InChI=1S/C14H24N2O2/c1-11-2-4-12(5-3-11)14(18)15-13-6-8-16(10-17)9-7-13/h10-13H,2-9H2,1H3,(H,15,18). The molecule has 1 N–H and O–H groups in total. The summed E-state index contributed by atoms with van der Waals surface area (Å²) in [6, 6.07) is 0.271. The lowest BCUT2D eigenvalue weighted by Gasteiger charge is -2.32. The molecule has 0 bridgehead atoms. The smallest absolute Gasteiger partial charge is 0.223 e. The maximum atomic E-state index is 12.1. The Morgan fingerprint density at radius 3 is 2.28 bits per heavy atom. The third kappa shape index (κ3) is 3.47. The van der Waals surface area contributed by atoms with Gasteiger partial charge in [0.25, 0.3) is 0 Å². The van der Waals surface area contributed by atoms with Gasteiger partial charge in [-0.15, -0.1) is 0 Å². The van der Waals surface area contributed by atoms with E-state index in [1.807, 2.05) is 0 Å². The topological polar surface area (TPSA) is 49.4 Å². The number of hydrogen-bond acceptors (Lipinski definition) is 2. The van der Waals surface area contributed by atoms with Crippen LogP contribution in [0.5, 0.6) is 0 Å². The molecule has 102 valence electrons. The highest BCUT2D eigenvalue weighted by Gasteiger charge is 2.27. The van der Waals surface area contributed by atoms with Crippen LogP contribution in [0.15, 0.2) is 0 Å². The van der Waals surface area contributed by atoms with E-state index in [1.54, 1.807) is 4.90 Å². The van der Waals surface area contributed by atoms with Crippen molar-refractivity contribution in [1.29, 1.82) is 0 Å². The van der Waals surface area contributed by atoms with Crippen molar-refractivity contribution in [3.05, 3.63) is 0 Å². The molecular weight excluding hydrogens is 228 g/mol. The summed E-state index contributed by atoms with van der Waals surface area (Å²) in [5, 5.41) is 3.17. The number of carbonyl (C=O) groups is 2. The number of rotatable bonds is 3. The van der Waals surface area contributed by atoms with Gasteiger partial charge in [0.05, 0.1) is 0 Å². The van der Waals surface area contributed by atoms with Gasteiger partial charge in [-0.2, -0.15) is 0 Å². The quantitative estimate of drug-likeness (QED) is 0.775. The molecule has 0 radical (unpaired) electrons. The van der Waals surface area contributed by atoms with Crippen LogP contribution >= 0.6 is 0 Å². The molecule has 4 heteroatoms. The summed E-state index contributed by atoms with van der Waals surface area (Å²) >= 11 is 0. The SMILES string of the molecule is CC1CCC(C(=O)NC2CCN(C=O)CC2)CC1. The van der Waals surface area contributed by atoms with Crippen molar-refractivity contribution >= 4 is 12.3 Å². The molecule has 0 aromatic heterocycles. The number of carbonyl (C=O) groups excluding carboxylic acids is 2. The molecule has 0 atom stereocenters. The Kier molecular flexibility index (Phi) is 4.61. The van der Waals surface area contributed by atoms with Crippen molar-refractivity contribution in [2.75, 3.05) is 13.1 Å². The van der Waals surface area contributed by atoms with E-state index in [0.717, 1.165) is 51.1 Å². The van der Waals surface area contributed by atoms with E-state index in [1.165, 1.54) is 12.8 Å². The van der Waals surface area contributed by atoms with Gasteiger partial charge >= 0.3 is 0 Å². The molecular formula is C14H24N2O2. The van der Waals surface area contributed by atoms with Gasteiger partial charge in [0.1, 0.15) is 0 Å². The Morgan fingerprint density at radius 1 is 1.11 bits per heavy atom. The molecule has 0 aromatic carbocycles. The maximum Gasteiger partial charge on any atom is 0.223 e. The number of amides is 2. The Bertz CT molecular complexity index is 290. The average molecular weight is 252 g/mol. The minimum atomic E-state index is 0.227. The molecule has 2 aliphatic rings. The summed E-state index contributed by atoms with van der Waals surface area (Å²) < 4.78 is 0. The van der Waals surface area contributed by atoms with E-state index in [0.29, 0.717) is 0 Å². The second kappa shape index (κ2) is 6.21. The van der Waals surface area contributed by atoms with Crippen molar-refractivity contribution in [3.63, 3.8) is 0 Å². The molecule has 1 saturated heterocycles. The van der Waals surface area contributed by atoms with Crippen LogP contribution in [-0.4, -0.2) is 36.3 Å². The second-order valence-electron chi connectivity index (χ2n) is 5.88. The zero-order chi connectivity index (χ0) is 13.0. The van der Waals surface area contributed by atoms with Crippen LogP contribution in [0.4, 0.5) is 0 Å². The van der Waals surface area contributed by atoms with Crippen molar-refractivity contribution in [2.45, 2.75) is 51.5 Å². The first-order chi connectivity index (χ1) is 8.69. The van der Waals surface area contributed by atoms with Gasteiger partial charge in [-0.1, -0.05) is 6.92 Å². The van der Waals surface area contributed by atoms with Gasteiger partial charge in [0.2, 0.25) is 12.3 Å². The first-order valence-electron chi connectivity index (χ1n) is 7.18. The van der Waals surface area contributed by atoms with Crippen LogP contribution in [0, 0.1) is 11.8 Å². The van der Waals surface area contributed by atoms with Crippen LogP contribution in [0.3, 0.4) is 0 Å². The van der Waals surface area contributed by atoms with Crippen molar-refractivity contribution in [2.24, 2.45) is 11.8 Å². The van der Waals surface area contributed by atoms with E-state index >= 15 is 0 Å². The summed E-state index contributed by atoms with van der Waals surface area (Å²) in [5.41, 5.74) is 0. The van der Waals surface area contributed by atoms with Crippen LogP contribution in [0.1, 0.15) is 45.4 Å². The van der Waals surface area contributed by atoms with Crippen LogP contribution in [0.2, 0.25) is 0 Å². The molecule has 0 unspecified atom stereocenters. The van der Waals surface area contributed by atoms with E-state index in [2.05, 4.69) is 12.2 Å². The van der Waals surface area contributed by atoms with Gasteiger partial charge in [0, 0.05) is 25.0 Å². The number of hydrogen-bond donors (Lipinski definition) is 1. The number of piperidine rings is 1. The van der Waals surface area contributed by atoms with Gasteiger partial charge in [-0.25, -0.2) is 0 Å². The predicted molar refractivity (Wildman–Crippen MR) is 69.9 cm³/mol. The van der Waals surface area contributed by atoms with Gasteiger partial charge in [-0.05, 0) is 44.4 Å². The molecule has 2 rings (SSSR count). The van der Waals surface area contributed by atoms with Crippen molar-refractivity contribution in [1.82, 2.24) is 10.2 Å². The monoisotopic (exact) mass is 252 g/mol. The summed E-state index contributed by atoms with van der Waals surface area (Å²) in [7, 11) is 0. The summed E-state index contributed by atoms with van der Waals surface area (Å²) in [5.74, 6) is 1.25. The van der Waals surface area contributed by atoms with E-state index in [4.69, 9.17) is 0 Å². The van der Waals surface area contributed by atoms with Crippen LogP contribution in [0.25, 0.3) is 0 Å². The minimum Gasteiger partial charge on any atom is -0.353 e. The van der Waals surface area contributed by atoms with Crippen molar-refractivity contribution in [3.8, 4) is 0 Å². The lowest BCUT2D eigenvalue weighted by atomic mass is 9.82. The van der Waals surface area contributed by atoms with Crippen LogP contribution in [-0.2, 0) is 9.59 Å². The van der Waals surface area contributed by atoms with E-state index in [-0.39, 0.29) is 17.9 Å². The fourth-order valence-electron chi connectivity index (χ4n) is 2.99. The lowest BCUT2D eigenvalue weighted by Crippen LogP contribution is -2.46. The third-order valence-electron chi connectivity index (χ3n) is 4.41. The maximum absolute atomic E-state index is 12.1. The number of likely N-dealkylation sites (tertiary alicyclic amines) is 1. The Balaban J connectivity index is 1.73. The zero-order valence-corrected chi connectivity index (χ0v) is 11.2. The molecule has 1 heterocycles. The highest BCUT2D eigenvalue weighted by molar-refractivity contribution is 5.79. The fraction of sp³-hybridized carbons (Fsp3) is 0.857. The Labute approximate surface area is 109 Å². The van der Waals surface area contributed by atoms with E-state index in [9.17, 15) is 9.59 Å². The molecule has 1 aliphatic heterocycles. The van der Waals surface area contributed by atoms with Crippen molar-refractivity contribution < 1.29 is 9.59 Å². The summed E-state index contributed by atoms with van der Waals surface area (Å²) in [6.07, 6.45) is 7.14.